The molecule has 0 saturated carbocycles. The molecule has 4 nitrogen and oxygen atoms in total. The molecular weight excluding hydrogens is 290 g/mol. The molecule has 0 unspecified atom stereocenters. The number of fused-ring (bicyclic) bond motifs is 1. The second-order valence-corrected chi connectivity index (χ2v) is 6.97. The molecule has 23 heavy (non-hydrogen) atoms. The Morgan fingerprint density at radius 2 is 1.91 bits per heavy atom. The van der Waals surface area contributed by atoms with Crippen LogP contribution in [0.3, 0.4) is 0 Å². The highest BCUT2D eigenvalue weighted by atomic mass is 16.7. The second kappa shape index (κ2) is 6.28. The van der Waals surface area contributed by atoms with Gasteiger partial charge in [0.1, 0.15) is 11.5 Å². The third-order valence-electron chi connectivity index (χ3n) is 4.32. The van der Waals surface area contributed by atoms with Crippen molar-refractivity contribution >= 4 is 0 Å². The van der Waals surface area contributed by atoms with E-state index in [1.807, 2.05) is 25.1 Å². The van der Waals surface area contributed by atoms with Gasteiger partial charge in [-0.1, -0.05) is 19.9 Å². The van der Waals surface area contributed by atoms with E-state index in [4.69, 9.17) is 13.9 Å². The normalized spacial score (nSPS) is 15.0. The first-order valence-corrected chi connectivity index (χ1v) is 8.13. The molecule has 0 spiro atoms. The van der Waals surface area contributed by atoms with Crippen LogP contribution in [0.25, 0.3) is 0 Å². The average molecular weight is 315 g/mol. The monoisotopic (exact) mass is 315 g/mol. The maximum absolute atomic E-state index is 5.80. The SMILES string of the molecule is Cc1ccc(C(C)(C)C[C@H](C)NCc2ccc3c(c2)OCO3)o1. The van der Waals surface area contributed by atoms with Crippen LogP contribution in [0.15, 0.2) is 34.7 Å². The highest BCUT2D eigenvalue weighted by molar-refractivity contribution is 5.44. The van der Waals surface area contributed by atoms with E-state index >= 15 is 0 Å². The predicted molar refractivity (Wildman–Crippen MR) is 90.0 cm³/mol. The van der Waals surface area contributed by atoms with Crippen molar-refractivity contribution < 1.29 is 13.9 Å². The van der Waals surface area contributed by atoms with E-state index in [-0.39, 0.29) is 5.41 Å². The van der Waals surface area contributed by atoms with Gasteiger partial charge in [-0.05, 0) is 50.1 Å². The van der Waals surface area contributed by atoms with E-state index < -0.39 is 0 Å². The van der Waals surface area contributed by atoms with Crippen molar-refractivity contribution in [2.45, 2.75) is 52.1 Å². The van der Waals surface area contributed by atoms with Gasteiger partial charge in [0.05, 0.1) is 0 Å². The molecule has 1 aliphatic rings. The zero-order valence-corrected chi connectivity index (χ0v) is 14.3. The van der Waals surface area contributed by atoms with Gasteiger partial charge < -0.3 is 19.2 Å². The van der Waals surface area contributed by atoms with Crippen molar-refractivity contribution in [1.82, 2.24) is 5.32 Å². The minimum Gasteiger partial charge on any atom is -0.466 e. The van der Waals surface area contributed by atoms with Gasteiger partial charge in [0.25, 0.3) is 0 Å². The summed E-state index contributed by atoms with van der Waals surface area (Å²) in [5.74, 6) is 3.68. The summed E-state index contributed by atoms with van der Waals surface area (Å²) in [5.41, 5.74) is 1.21. The number of hydrogen-bond acceptors (Lipinski definition) is 4. The molecule has 124 valence electrons. The number of benzene rings is 1. The van der Waals surface area contributed by atoms with Crippen molar-refractivity contribution in [2.75, 3.05) is 6.79 Å². The van der Waals surface area contributed by atoms with Gasteiger partial charge in [0, 0.05) is 18.0 Å². The van der Waals surface area contributed by atoms with Crippen LogP contribution in [0.4, 0.5) is 0 Å². The number of aryl methyl sites for hydroxylation is 1. The van der Waals surface area contributed by atoms with Crippen LogP contribution in [0.1, 0.15) is 44.3 Å². The Balaban J connectivity index is 1.56. The molecule has 1 aromatic heterocycles. The molecule has 2 heterocycles. The Hall–Kier alpha value is -1.94. The maximum Gasteiger partial charge on any atom is 0.231 e. The van der Waals surface area contributed by atoms with Gasteiger partial charge in [-0.25, -0.2) is 0 Å². The summed E-state index contributed by atoms with van der Waals surface area (Å²) in [7, 11) is 0. The molecular formula is C19H25NO3. The summed E-state index contributed by atoms with van der Waals surface area (Å²) in [6, 6.07) is 10.6. The Bertz CT molecular complexity index is 675. The van der Waals surface area contributed by atoms with Gasteiger partial charge in [0.15, 0.2) is 11.5 Å². The van der Waals surface area contributed by atoms with Gasteiger partial charge in [-0.15, -0.1) is 0 Å². The van der Waals surface area contributed by atoms with E-state index in [1.165, 1.54) is 5.56 Å². The molecule has 1 atom stereocenters. The first-order valence-electron chi connectivity index (χ1n) is 8.13. The molecule has 2 aromatic rings. The van der Waals surface area contributed by atoms with Crippen LogP contribution in [0.2, 0.25) is 0 Å². The number of rotatable bonds is 6. The van der Waals surface area contributed by atoms with Gasteiger partial charge in [0.2, 0.25) is 6.79 Å². The summed E-state index contributed by atoms with van der Waals surface area (Å²) in [4.78, 5) is 0. The molecule has 1 N–H and O–H groups in total. The van der Waals surface area contributed by atoms with E-state index in [2.05, 4.69) is 38.2 Å². The third-order valence-corrected chi connectivity index (χ3v) is 4.32. The number of hydrogen-bond donors (Lipinski definition) is 1. The minimum atomic E-state index is 0.00949. The van der Waals surface area contributed by atoms with Crippen molar-refractivity contribution in [3.05, 3.63) is 47.4 Å². The summed E-state index contributed by atoms with van der Waals surface area (Å²) < 4.78 is 16.6. The quantitative estimate of drug-likeness (QED) is 0.869. The second-order valence-electron chi connectivity index (χ2n) is 6.97. The third kappa shape index (κ3) is 3.70. The first-order chi connectivity index (χ1) is 10.9. The van der Waals surface area contributed by atoms with E-state index in [0.717, 1.165) is 36.0 Å². The van der Waals surface area contributed by atoms with Crippen LogP contribution in [-0.2, 0) is 12.0 Å². The molecule has 0 bridgehead atoms. The van der Waals surface area contributed by atoms with Crippen molar-refractivity contribution in [2.24, 2.45) is 0 Å². The van der Waals surface area contributed by atoms with Crippen LogP contribution in [0.5, 0.6) is 11.5 Å². The lowest BCUT2D eigenvalue weighted by Gasteiger charge is -2.26. The van der Waals surface area contributed by atoms with E-state index in [9.17, 15) is 0 Å². The molecule has 1 aromatic carbocycles. The molecule has 0 aliphatic carbocycles. The highest BCUT2D eigenvalue weighted by Gasteiger charge is 2.26. The summed E-state index contributed by atoms with van der Waals surface area (Å²) in [6.07, 6.45) is 1.00. The smallest absolute Gasteiger partial charge is 0.231 e. The number of nitrogens with one attached hydrogen (secondary N) is 1. The molecule has 0 fully saturated rings. The van der Waals surface area contributed by atoms with Crippen molar-refractivity contribution in [3.8, 4) is 11.5 Å². The minimum absolute atomic E-state index is 0.00949. The topological polar surface area (TPSA) is 43.6 Å². The van der Waals surface area contributed by atoms with Gasteiger partial charge >= 0.3 is 0 Å². The lowest BCUT2D eigenvalue weighted by Crippen LogP contribution is -2.32. The van der Waals surface area contributed by atoms with Crippen molar-refractivity contribution in [3.63, 3.8) is 0 Å². The van der Waals surface area contributed by atoms with Crippen LogP contribution in [0, 0.1) is 6.92 Å². The summed E-state index contributed by atoms with van der Waals surface area (Å²) in [5, 5.41) is 3.58. The van der Waals surface area contributed by atoms with Crippen molar-refractivity contribution in [1.29, 1.82) is 0 Å². The van der Waals surface area contributed by atoms with Gasteiger partial charge in [-0.2, -0.15) is 0 Å². The maximum atomic E-state index is 5.80. The fourth-order valence-electron chi connectivity index (χ4n) is 3.08. The zero-order chi connectivity index (χ0) is 16.4. The molecule has 0 radical (unpaired) electrons. The van der Waals surface area contributed by atoms with Crippen LogP contribution < -0.4 is 14.8 Å². The number of ether oxygens (including phenoxy) is 2. The molecule has 1 aliphatic heterocycles. The standard InChI is InChI=1S/C19H25NO3/c1-13(10-19(3,4)18-8-5-14(2)23-18)20-11-15-6-7-16-17(9-15)22-12-21-16/h5-9,13,20H,10-12H2,1-4H3/t13-/m0/s1. The summed E-state index contributed by atoms with van der Waals surface area (Å²) in [6.45, 7) is 9.78. The summed E-state index contributed by atoms with van der Waals surface area (Å²) >= 11 is 0. The fraction of sp³-hybridized carbons (Fsp3) is 0.474. The predicted octanol–water partition coefficient (Wildman–Crippen LogP) is 4.16. The lowest BCUT2D eigenvalue weighted by molar-refractivity contribution is 0.174. The Labute approximate surface area is 137 Å². The van der Waals surface area contributed by atoms with Crippen LogP contribution in [-0.4, -0.2) is 12.8 Å². The van der Waals surface area contributed by atoms with Crippen LogP contribution >= 0.6 is 0 Å². The Morgan fingerprint density at radius 3 is 2.65 bits per heavy atom. The zero-order valence-electron chi connectivity index (χ0n) is 14.3. The van der Waals surface area contributed by atoms with Gasteiger partial charge in [-0.3, -0.25) is 0 Å². The van der Waals surface area contributed by atoms with E-state index in [0.29, 0.717) is 12.8 Å². The first kappa shape index (κ1) is 15.9. The largest absolute Gasteiger partial charge is 0.466 e. The lowest BCUT2D eigenvalue weighted by atomic mass is 9.83. The molecule has 4 heteroatoms. The molecule has 0 amide bonds. The Morgan fingerprint density at radius 1 is 1.13 bits per heavy atom. The van der Waals surface area contributed by atoms with E-state index in [1.54, 1.807) is 0 Å². The molecule has 3 rings (SSSR count). The highest BCUT2D eigenvalue weighted by Crippen LogP contribution is 2.33. The number of furan rings is 1. The fourth-order valence-corrected chi connectivity index (χ4v) is 3.08. The Kier molecular flexibility index (Phi) is 4.35. The average Bonchev–Trinajstić information content (AvgIpc) is 3.13. The molecule has 0 saturated heterocycles.